The predicted molar refractivity (Wildman–Crippen MR) is 62.2 cm³/mol. The highest BCUT2D eigenvalue weighted by molar-refractivity contribution is 6.00. The van der Waals surface area contributed by atoms with E-state index >= 15 is 0 Å². The number of nitrogens with two attached hydrogens (primary N) is 1. The zero-order chi connectivity index (χ0) is 11.4. The molecule has 1 aromatic heterocycles. The van der Waals surface area contributed by atoms with Crippen LogP contribution in [0.4, 0.5) is 5.69 Å². The van der Waals surface area contributed by atoms with Crippen molar-refractivity contribution in [2.75, 3.05) is 5.73 Å². The molecular formula is C13H13NO2. The second-order valence-electron chi connectivity index (χ2n) is 3.59. The van der Waals surface area contributed by atoms with Crippen LogP contribution in [0.25, 0.3) is 0 Å². The molecule has 0 spiro atoms. The van der Waals surface area contributed by atoms with E-state index in [4.69, 9.17) is 10.2 Å². The maximum absolute atomic E-state index is 11.8. The van der Waals surface area contributed by atoms with Gasteiger partial charge in [-0.1, -0.05) is 12.1 Å². The van der Waals surface area contributed by atoms with Gasteiger partial charge in [0.25, 0.3) is 0 Å². The minimum absolute atomic E-state index is 0.0505. The van der Waals surface area contributed by atoms with Crippen molar-refractivity contribution in [3.8, 4) is 0 Å². The number of carbonyl (C=O) groups excluding carboxylic acids is 1. The van der Waals surface area contributed by atoms with Crippen molar-refractivity contribution in [3.05, 3.63) is 54.0 Å². The van der Waals surface area contributed by atoms with Gasteiger partial charge in [0.1, 0.15) is 5.76 Å². The average molecular weight is 215 g/mol. The van der Waals surface area contributed by atoms with Gasteiger partial charge in [-0.05, 0) is 24.3 Å². The summed E-state index contributed by atoms with van der Waals surface area (Å²) in [6.07, 6.45) is 2.64. The Morgan fingerprint density at radius 3 is 2.69 bits per heavy atom. The Labute approximate surface area is 93.9 Å². The van der Waals surface area contributed by atoms with Gasteiger partial charge in [-0.2, -0.15) is 0 Å². The lowest BCUT2D eigenvalue weighted by Crippen LogP contribution is -2.04. The molecule has 1 heterocycles. The van der Waals surface area contributed by atoms with Crippen LogP contribution in [0, 0.1) is 0 Å². The molecule has 0 aliphatic carbocycles. The second kappa shape index (κ2) is 4.66. The fourth-order valence-corrected chi connectivity index (χ4v) is 1.58. The molecule has 0 unspecified atom stereocenters. The van der Waals surface area contributed by atoms with E-state index in [1.807, 2.05) is 24.3 Å². The molecule has 0 atom stereocenters. The molecule has 0 saturated carbocycles. The number of rotatable bonds is 4. The van der Waals surface area contributed by atoms with E-state index in [9.17, 15) is 4.79 Å². The minimum atomic E-state index is 0.0505. The number of hydrogen-bond acceptors (Lipinski definition) is 3. The summed E-state index contributed by atoms with van der Waals surface area (Å²) in [5.74, 6) is 0.873. The number of furan rings is 1. The van der Waals surface area contributed by atoms with Crippen LogP contribution in [-0.2, 0) is 6.42 Å². The summed E-state index contributed by atoms with van der Waals surface area (Å²) >= 11 is 0. The third kappa shape index (κ3) is 2.31. The zero-order valence-corrected chi connectivity index (χ0v) is 8.85. The Kier molecular flexibility index (Phi) is 3.05. The van der Waals surface area contributed by atoms with Crippen LogP contribution in [-0.4, -0.2) is 5.78 Å². The summed E-state index contributed by atoms with van der Waals surface area (Å²) in [6.45, 7) is 0. The third-order valence-electron chi connectivity index (χ3n) is 2.44. The first-order valence-corrected chi connectivity index (χ1v) is 5.17. The van der Waals surface area contributed by atoms with Gasteiger partial charge in [-0.3, -0.25) is 4.79 Å². The van der Waals surface area contributed by atoms with E-state index in [-0.39, 0.29) is 5.78 Å². The lowest BCUT2D eigenvalue weighted by molar-refractivity contribution is 0.0982. The summed E-state index contributed by atoms with van der Waals surface area (Å²) in [6, 6.07) is 10.8. The van der Waals surface area contributed by atoms with E-state index < -0.39 is 0 Å². The highest BCUT2D eigenvalue weighted by Gasteiger charge is 2.09. The van der Waals surface area contributed by atoms with E-state index in [0.717, 1.165) is 5.76 Å². The molecule has 1 aromatic carbocycles. The first kappa shape index (κ1) is 10.5. The molecule has 82 valence electrons. The van der Waals surface area contributed by atoms with Crippen molar-refractivity contribution < 1.29 is 9.21 Å². The molecule has 2 rings (SSSR count). The lowest BCUT2D eigenvalue weighted by Gasteiger charge is -2.03. The van der Waals surface area contributed by atoms with Crippen molar-refractivity contribution >= 4 is 11.5 Å². The number of nitrogen functional groups attached to an aromatic ring is 1. The number of para-hydroxylation sites is 1. The van der Waals surface area contributed by atoms with Gasteiger partial charge in [0.15, 0.2) is 5.78 Å². The number of aryl methyl sites for hydroxylation is 1. The molecule has 0 saturated heterocycles. The van der Waals surface area contributed by atoms with Gasteiger partial charge in [-0.15, -0.1) is 0 Å². The SMILES string of the molecule is Nc1ccccc1C(=O)CCc1ccco1. The standard InChI is InChI=1S/C13H13NO2/c14-12-6-2-1-5-11(12)13(15)8-7-10-4-3-9-16-10/h1-6,9H,7-8,14H2. The van der Waals surface area contributed by atoms with Crippen molar-refractivity contribution in [1.29, 1.82) is 0 Å². The quantitative estimate of drug-likeness (QED) is 0.630. The van der Waals surface area contributed by atoms with Gasteiger partial charge in [0.05, 0.1) is 6.26 Å². The summed E-state index contributed by atoms with van der Waals surface area (Å²) in [4.78, 5) is 11.8. The van der Waals surface area contributed by atoms with Gasteiger partial charge in [0.2, 0.25) is 0 Å². The fourth-order valence-electron chi connectivity index (χ4n) is 1.58. The molecule has 2 N–H and O–H groups in total. The number of hydrogen-bond donors (Lipinski definition) is 1. The highest BCUT2D eigenvalue weighted by atomic mass is 16.3. The van der Waals surface area contributed by atoms with E-state index in [1.165, 1.54) is 0 Å². The fraction of sp³-hybridized carbons (Fsp3) is 0.154. The van der Waals surface area contributed by atoms with Crippen molar-refractivity contribution in [3.63, 3.8) is 0 Å². The van der Waals surface area contributed by atoms with Gasteiger partial charge >= 0.3 is 0 Å². The van der Waals surface area contributed by atoms with Gasteiger partial charge in [-0.25, -0.2) is 0 Å². The Morgan fingerprint density at radius 1 is 1.19 bits per heavy atom. The Bertz CT molecular complexity index is 474. The maximum atomic E-state index is 11.8. The molecule has 0 aliphatic heterocycles. The molecule has 0 amide bonds. The number of ketones is 1. The predicted octanol–water partition coefficient (Wildman–Crippen LogP) is 2.68. The average Bonchev–Trinajstić information content (AvgIpc) is 2.79. The maximum Gasteiger partial charge on any atom is 0.165 e. The number of Topliss-reactive ketones (excluding diaryl/α,β-unsaturated/α-hetero) is 1. The number of anilines is 1. The molecular weight excluding hydrogens is 202 g/mol. The highest BCUT2D eigenvalue weighted by Crippen LogP contribution is 2.14. The van der Waals surface area contributed by atoms with Crippen LogP contribution in [0.15, 0.2) is 47.1 Å². The lowest BCUT2D eigenvalue weighted by atomic mass is 10.0. The molecule has 3 nitrogen and oxygen atoms in total. The monoisotopic (exact) mass is 215 g/mol. The van der Waals surface area contributed by atoms with Gasteiger partial charge < -0.3 is 10.2 Å². The normalized spacial score (nSPS) is 10.2. The smallest absolute Gasteiger partial charge is 0.165 e. The largest absolute Gasteiger partial charge is 0.469 e. The first-order chi connectivity index (χ1) is 7.77. The summed E-state index contributed by atoms with van der Waals surface area (Å²) < 4.78 is 5.17. The van der Waals surface area contributed by atoms with Crippen LogP contribution >= 0.6 is 0 Å². The first-order valence-electron chi connectivity index (χ1n) is 5.17. The van der Waals surface area contributed by atoms with E-state index in [1.54, 1.807) is 18.4 Å². The van der Waals surface area contributed by atoms with Crippen LogP contribution in [0.1, 0.15) is 22.5 Å². The molecule has 0 aliphatic rings. The Balaban J connectivity index is 2.01. The van der Waals surface area contributed by atoms with Crippen LogP contribution in [0.3, 0.4) is 0 Å². The number of carbonyl (C=O) groups is 1. The van der Waals surface area contributed by atoms with E-state index in [0.29, 0.717) is 24.1 Å². The molecule has 0 bridgehead atoms. The zero-order valence-electron chi connectivity index (χ0n) is 8.85. The Hall–Kier alpha value is -2.03. The van der Waals surface area contributed by atoms with Crippen molar-refractivity contribution in [2.45, 2.75) is 12.8 Å². The molecule has 0 fully saturated rings. The molecule has 2 aromatic rings. The molecule has 16 heavy (non-hydrogen) atoms. The summed E-state index contributed by atoms with van der Waals surface area (Å²) in [5.41, 5.74) is 6.85. The summed E-state index contributed by atoms with van der Waals surface area (Å²) in [5, 5.41) is 0. The topological polar surface area (TPSA) is 56.2 Å². The van der Waals surface area contributed by atoms with Crippen molar-refractivity contribution in [1.82, 2.24) is 0 Å². The molecule has 0 radical (unpaired) electrons. The summed E-state index contributed by atoms with van der Waals surface area (Å²) in [7, 11) is 0. The Morgan fingerprint density at radius 2 is 2.00 bits per heavy atom. The molecule has 3 heteroatoms. The van der Waals surface area contributed by atoms with Gasteiger partial charge in [0, 0.05) is 24.1 Å². The number of benzene rings is 1. The second-order valence-corrected chi connectivity index (χ2v) is 3.59. The van der Waals surface area contributed by atoms with Crippen molar-refractivity contribution in [2.24, 2.45) is 0 Å². The van der Waals surface area contributed by atoms with Crippen LogP contribution in [0.5, 0.6) is 0 Å². The minimum Gasteiger partial charge on any atom is -0.469 e. The van der Waals surface area contributed by atoms with Crippen LogP contribution in [0.2, 0.25) is 0 Å². The van der Waals surface area contributed by atoms with Crippen LogP contribution < -0.4 is 5.73 Å². The van der Waals surface area contributed by atoms with E-state index in [2.05, 4.69) is 0 Å². The third-order valence-corrected chi connectivity index (χ3v) is 2.44.